The van der Waals surface area contributed by atoms with Crippen LogP contribution in [0, 0.1) is 0 Å². The van der Waals surface area contributed by atoms with Gasteiger partial charge in [-0.1, -0.05) is 11.6 Å². The Kier molecular flexibility index (Phi) is 7.28. The van der Waals surface area contributed by atoms with Crippen molar-refractivity contribution in [3.05, 3.63) is 55.9 Å². The number of esters is 2. The third kappa shape index (κ3) is 5.73. The van der Waals surface area contributed by atoms with Gasteiger partial charge in [0.1, 0.15) is 11.5 Å². The highest BCUT2D eigenvalue weighted by molar-refractivity contribution is 9.10. The molecule has 0 aliphatic heterocycles. The van der Waals surface area contributed by atoms with Gasteiger partial charge in [-0.05, 0) is 75.2 Å². The topological polar surface area (TPSA) is 61.8 Å². The summed E-state index contributed by atoms with van der Waals surface area (Å²) in [6.45, 7) is 1.72. The summed E-state index contributed by atoms with van der Waals surface area (Å²) in [5.74, 6) is -0.293. The number of ether oxygens (including phenoxy) is 3. The SMILES string of the molecule is CCOC(=O)c1ccc(OC(=O)COc2ccc(Cl)cc2Br)c(Br)c1. The third-order valence-electron chi connectivity index (χ3n) is 2.91. The second kappa shape index (κ2) is 9.22. The minimum Gasteiger partial charge on any atom is -0.481 e. The van der Waals surface area contributed by atoms with Crippen LogP contribution in [0.15, 0.2) is 45.3 Å². The van der Waals surface area contributed by atoms with Crippen LogP contribution in [-0.4, -0.2) is 25.2 Å². The molecule has 0 saturated heterocycles. The molecule has 2 rings (SSSR count). The van der Waals surface area contributed by atoms with Crippen LogP contribution in [0.1, 0.15) is 17.3 Å². The molecule has 132 valence electrons. The molecule has 5 nitrogen and oxygen atoms in total. The van der Waals surface area contributed by atoms with Crippen LogP contribution < -0.4 is 9.47 Å². The van der Waals surface area contributed by atoms with E-state index in [9.17, 15) is 9.59 Å². The smallest absolute Gasteiger partial charge is 0.349 e. The van der Waals surface area contributed by atoms with Crippen LogP contribution in [0.2, 0.25) is 5.02 Å². The lowest BCUT2D eigenvalue weighted by molar-refractivity contribution is -0.136. The van der Waals surface area contributed by atoms with Crippen LogP contribution in [0.25, 0.3) is 0 Å². The number of hydrogen-bond donors (Lipinski definition) is 0. The van der Waals surface area contributed by atoms with Gasteiger partial charge >= 0.3 is 11.9 Å². The zero-order valence-corrected chi connectivity index (χ0v) is 17.0. The highest BCUT2D eigenvalue weighted by atomic mass is 79.9. The van der Waals surface area contributed by atoms with E-state index in [1.165, 1.54) is 18.2 Å². The molecule has 0 saturated carbocycles. The van der Waals surface area contributed by atoms with E-state index >= 15 is 0 Å². The number of benzene rings is 2. The predicted molar refractivity (Wildman–Crippen MR) is 100 cm³/mol. The van der Waals surface area contributed by atoms with E-state index in [-0.39, 0.29) is 19.0 Å². The van der Waals surface area contributed by atoms with E-state index in [2.05, 4.69) is 31.9 Å². The minimum absolute atomic E-state index is 0.275. The molecule has 0 unspecified atom stereocenters. The Balaban J connectivity index is 1.97. The first-order chi connectivity index (χ1) is 11.9. The lowest BCUT2D eigenvalue weighted by atomic mass is 10.2. The van der Waals surface area contributed by atoms with Gasteiger partial charge in [-0.25, -0.2) is 9.59 Å². The van der Waals surface area contributed by atoms with Crippen LogP contribution in [0.4, 0.5) is 0 Å². The fraction of sp³-hybridized carbons (Fsp3) is 0.176. The van der Waals surface area contributed by atoms with Crippen molar-refractivity contribution in [2.45, 2.75) is 6.92 Å². The van der Waals surface area contributed by atoms with Crippen LogP contribution in [0.3, 0.4) is 0 Å². The first-order valence-electron chi connectivity index (χ1n) is 7.16. The summed E-state index contributed by atoms with van der Waals surface area (Å²) in [5, 5.41) is 0.549. The molecule has 2 aromatic rings. The van der Waals surface area contributed by atoms with Crippen LogP contribution in [0.5, 0.6) is 11.5 Å². The molecule has 0 aliphatic rings. The Morgan fingerprint density at radius 1 is 1.04 bits per heavy atom. The zero-order valence-electron chi connectivity index (χ0n) is 13.1. The Labute approximate surface area is 166 Å². The molecule has 0 N–H and O–H groups in total. The van der Waals surface area contributed by atoms with Gasteiger partial charge in [0, 0.05) is 5.02 Å². The van der Waals surface area contributed by atoms with Gasteiger partial charge in [0.2, 0.25) is 0 Å². The average Bonchev–Trinajstić information content (AvgIpc) is 2.56. The van der Waals surface area contributed by atoms with Crippen molar-refractivity contribution in [3.8, 4) is 11.5 Å². The maximum Gasteiger partial charge on any atom is 0.349 e. The van der Waals surface area contributed by atoms with Gasteiger partial charge in [0.15, 0.2) is 6.61 Å². The summed E-state index contributed by atoms with van der Waals surface area (Å²) in [7, 11) is 0. The minimum atomic E-state index is -0.591. The number of rotatable bonds is 6. The molecule has 0 radical (unpaired) electrons. The molecular weight excluding hydrogens is 479 g/mol. The maximum absolute atomic E-state index is 11.9. The van der Waals surface area contributed by atoms with Crippen molar-refractivity contribution in [1.29, 1.82) is 0 Å². The lowest BCUT2D eigenvalue weighted by Crippen LogP contribution is -2.18. The van der Waals surface area contributed by atoms with Gasteiger partial charge < -0.3 is 14.2 Å². The number of hydrogen-bond acceptors (Lipinski definition) is 5. The fourth-order valence-electron chi connectivity index (χ4n) is 1.81. The maximum atomic E-state index is 11.9. The van der Waals surface area contributed by atoms with E-state index in [0.717, 1.165) is 0 Å². The summed E-state index contributed by atoms with van der Waals surface area (Å²) in [6, 6.07) is 9.50. The normalized spacial score (nSPS) is 10.2. The molecule has 8 heteroatoms. The summed E-state index contributed by atoms with van der Waals surface area (Å²) < 4.78 is 16.6. The highest BCUT2D eigenvalue weighted by Gasteiger charge is 2.13. The first-order valence-corrected chi connectivity index (χ1v) is 9.12. The van der Waals surface area contributed by atoms with Gasteiger partial charge in [0.05, 0.1) is 21.1 Å². The zero-order chi connectivity index (χ0) is 18.4. The van der Waals surface area contributed by atoms with E-state index in [1.807, 2.05) is 0 Å². The standard InChI is InChI=1S/C17H13Br2ClO5/c1-2-23-17(22)10-3-5-15(12(18)7-10)25-16(21)9-24-14-6-4-11(20)8-13(14)19/h3-8H,2,9H2,1H3. The number of carbonyl (C=O) groups excluding carboxylic acids is 2. The molecular formula is C17H13Br2ClO5. The molecule has 0 aliphatic carbocycles. The monoisotopic (exact) mass is 490 g/mol. The molecule has 0 aromatic heterocycles. The van der Waals surface area contributed by atoms with Crippen molar-refractivity contribution >= 4 is 55.4 Å². The average molecular weight is 493 g/mol. The van der Waals surface area contributed by atoms with Crippen molar-refractivity contribution in [2.75, 3.05) is 13.2 Å². The Hall–Kier alpha value is -1.57. The lowest BCUT2D eigenvalue weighted by Gasteiger charge is -2.10. The summed E-state index contributed by atoms with van der Waals surface area (Å²) >= 11 is 12.4. The molecule has 0 amide bonds. The molecule has 0 spiro atoms. The molecule has 25 heavy (non-hydrogen) atoms. The van der Waals surface area contributed by atoms with Crippen molar-refractivity contribution < 1.29 is 23.8 Å². The van der Waals surface area contributed by atoms with Gasteiger partial charge in [-0.2, -0.15) is 0 Å². The molecule has 0 heterocycles. The quantitative estimate of drug-likeness (QED) is 0.418. The van der Waals surface area contributed by atoms with Crippen molar-refractivity contribution in [2.24, 2.45) is 0 Å². The summed E-state index contributed by atoms with van der Waals surface area (Å²) in [6.07, 6.45) is 0. The highest BCUT2D eigenvalue weighted by Crippen LogP contribution is 2.29. The Bertz CT molecular complexity index is 795. The number of halogens is 3. The van der Waals surface area contributed by atoms with Gasteiger partial charge in [-0.15, -0.1) is 0 Å². The second-order valence-corrected chi connectivity index (χ2v) is 6.85. The third-order valence-corrected chi connectivity index (χ3v) is 4.38. The fourth-order valence-corrected chi connectivity index (χ4v) is 3.06. The van der Waals surface area contributed by atoms with Crippen molar-refractivity contribution in [3.63, 3.8) is 0 Å². The molecule has 0 atom stereocenters. The van der Waals surface area contributed by atoms with Gasteiger partial charge in [-0.3, -0.25) is 0 Å². The summed E-state index contributed by atoms with van der Waals surface area (Å²) in [5.41, 5.74) is 0.356. The Morgan fingerprint density at radius 2 is 1.72 bits per heavy atom. The van der Waals surface area contributed by atoms with E-state index in [0.29, 0.717) is 25.3 Å². The van der Waals surface area contributed by atoms with E-state index < -0.39 is 11.9 Å². The van der Waals surface area contributed by atoms with Crippen LogP contribution >= 0.6 is 43.5 Å². The Morgan fingerprint density at radius 3 is 2.36 bits per heavy atom. The molecule has 2 aromatic carbocycles. The van der Waals surface area contributed by atoms with E-state index in [1.54, 1.807) is 25.1 Å². The largest absolute Gasteiger partial charge is 0.481 e. The first kappa shape index (κ1) is 19.8. The predicted octanol–water partition coefficient (Wildman–Crippen LogP) is 5.03. The summed E-state index contributed by atoms with van der Waals surface area (Å²) in [4.78, 5) is 23.6. The second-order valence-electron chi connectivity index (χ2n) is 4.70. The van der Waals surface area contributed by atoms with E-state index in [4.69, 9.17) is 25.8 Å². The van der Waals surface area contributed by atoms with Crippen LogP contribution in [-0.2, 0) is 9.53 Å². The number of carbonyl (C=O) groups is 2. The molecule has 0 fully saturated rings. The molecule has 0 bridgehead atoms. The van der Waals surface area contributed by atoms with Gasteiger partial charge in [0.25, 0.3) is 0 Å². The van der Waals surface area contributed by atoms with Crippen molar-refractivity contribution in [1.82, 2.24) is 0 Å².